The van der Waals surface area contributed by atoms with Gasteiger partial charge in [-0.2, -0.15) is 0 Å². The van der Waals surface area contributed by atoms with Crippen LogP contribution in [0, 0.1) is 5.92 Å². The molecule has 1 unspecified atom stereocenters. The predicted molar refractivity (Wildman–Crippen MR) is 65.6 cm³/mol. The van der Waals surface area contributed by atoms with Gasteiger partial charge in [-0.05, 0) is 32.2 Å². The van der Waals surface area contributed by atoms with E-state index in [1.807, 2.05) is 7.05 Å². The van der Waals surface area contributed by atoms with E-state index in [-0.39, 0.29) is 30.7 Å². The third-order valence-corrected chi connectivity index (χ3v) is 4.23. The molecule has 1 heterocycles. The summed E-state index contributed by atoms with van der Waals surface area (Å²) in [5.74, 6) is -2.70. The molecule has 0 radical (unpaired) electrons. The number of rotatable bonds is 2. The largest absolute Gasteiger partial charge is 0.341 e. The van der Waals surface area contributed by atoms with Crippen molar-refractivity contribution < 1.29 is 13.6 Å². The molecule has 2 aliphatic rings. The minimum Gasteiger partial charge on any atom is -0.341 e. The molecule has 18 heavy (non-hydrogen) atoms. The van der Waals surface area contributed by atoms with E-state index in [0.29, 0.717) is 12.8 Å². The molecule has 0 aromatic carbocycles. The summed E-state index contributed by atoms with van der Waals surface area (Å²) in [6.45, 7) is 1.83. The third-order valence-electron chi connectivity index (χ3n) is 4.23. The van der Waals surface area contributed by atoms with Crippen LogP contribution in [0.5, 0.6) is 0 Å². The van der Waals surface area contributed by atoms with Gasteiger partial charge in [-0.1, -0.05) is 0 Å². The van der Waals surface area contributed by atoms with Gasteiger partial charge in [0.1, 0.15) is 0 Å². The summed E-state index contributed by atoms with van der Waals surface area (Å²) >= 11 is 0. The Kier molecular flexibility index (Phi) is 4.20. The first-order chi connectivity index (χ1) is 8.49. The first kappa shape index (κ1) is 13.7. The topological polar surface area (TPSA) is 32.3 Å². The number of amides is 1. The lowest BCUT2D eigenvalue weighted by Crippen LogP contribution is -2.49. The van der Waals surface area contributed by atoms with Gasteiger partial charge < -0.3 is 10.2 Å². The van der Waals surface area contributed by atoms with Gasteiger partial charge in [-0.25, -0.2) is 8.78 Å². The fraction of sp³-hybridized carbons (Fsp3) is 0.923. The molecule has 0 bridgehead atoms. The van der Waals surface area contributed by atoms with Crippen LogP contribution >= 0.6 is 0 Å². The molecule has 1 atom stereocenters. The van der Waals surface area contributed by atoms with E-state index in [1.165, 1.54) is 0 Å². The summed E-state index contributed by atoms with van der Waals surface area (Å²) in [5.41, 5.74) is 0. The highest BCUT2D eigenvalue weighted by Gasteiger charge is 2.39. The summed E-state index contributed by atoms with van der Waals surface area (Å²) in [7, 11) is 1.81. The number of carbonyl (C=O) groups excluding carboxylic acids is 1. The van der Waals surface area contributed by atoms with E-state index in [0.717, 1.165) is 25.9 Å². The van der Waals surface area contributed by atoms with Crippen LogP contribution in [0.25, 0.3) is 0 Å². The molecular weight excluding hydrogens is 238 g/mol. The van der Waals surface area contributed by atoms with Crippen molar-refractivity contribution in [2.75, 3.05) is 20.1 Å². The van der Waals surface area contributed by atoms with Crippen LogP contribution in [-0.4, -0.2) is 42.9 Å². The summed E-state index contributed by atoms with van der Waals surface area (Å²) in [6, 6.07) is 0.230. The van der Waals surface area contributed by atoms with E-state index in [1.54, 1.807) is 4.90 Å². The lowest BCUT2D eigenvalue weighted by atomic mass is 9.85. The summed E-state index contributed by atoms with van der Waals surface area (Å²) in [6.07, 6.45) is 2.47. The van der Waals surface area contributed by atoms with E-state index in [4.69, 9.17) is 0 Å². The minimum absolute atomic E-state index is 0.0548. The second-order valence-electron chi connectivity index (χ2n) is 5.58. The fourth-order valence-electron chi connectivity index (χ4n) is 2.92. The molecule has 1 saturated heterocycles. The second kappa shape index (κ2) is 5.51. The molecule has 0 aromatic rings. The van der Waals surface area contributed by atoms with Crippen molar-refractivity contribution in [1.82, 2.24) is 10.2 Å². The van der Waals surface area contributed by atoms with Gasteiger partial charge in [0.2, 0.25) is 11.8 Å². The highest BCUT2D eigenvalue weighted by molar-refractivity contribution is 5.79. The Morgan fingerprint density at radius 3 is 2.50 bits per heavy atom. The van der Waals surface area contributed by atoms with Crippen molar-refractivity contribution in [3.8, 4) is 0 Å². The number of hydrogen-bond donors (Lipinski definition) is 1. The Balaban J connectivity index is 1.87. The van der Waals surface area contributed by atoms with Gasteiger partial charge in [0.15, 0.2) is 0 Å². The molecule has 1 aliphatic carbocycles. The van der Waals surface area contributed by atoms with Crippen LogP contribution in [0.15, 0.2) is 0 Å². The van der Waals surface area contributed by atoms with E-state index < -0.39 is 5.92 Å². The van der Waals surface area contributed by atoms with Crippen molar-refractivity contribution in [2.24, 2.45) is 5.92 Å². The van der Waals surface area contributed by atoms with Crippen LogP contribution in [0.2, 0.25) is 0 Å². The first-order valence-electron chi connectivity index (χ1n) is 6.85. The number of piperidine rings is 1. The Morgan fingerprint density at radius 1 is 1.28 bits per heavy atom. The zero-order valence-corrected chi connectivity index (χ0v) is 10.9. The summed E-state index contributed by atoms with van der Waals surface area (Å²) in [4.78, 5) is 14.0. The molecule has 2 fully saturated rings. The van der Waals surface area contributed by atoms with Crippen molar-refractivity contribution in [3.05, 3.63) is 0 Å². The number of alkyl halides is 2. The minimum atomic E-state index is -2.55. The van der Waals surface area contributed by atoms with Crippen LogP contribution < -0.4 is 5.32 Å². The Morgan fingerprint density at radius 2 is 1.94 bits per heavy atom. The molecule has 5 heteroatoms. The third kappa shape index (κ3) is 3.19. The average molecular weight is 260 g/mol. The molecule has 1 amide bonds. The fourth-order valence-corrected chi connectivity index (χ4v) is 2.92. The first-order valence-corrected chi connectivity index (χ1v) is 6.85. The van der Waals surface area contributed by atoms with Crippen LogP contribution in [0.1, 0.15) is 38.5 Å². The van der Waals surface area contributed by atoms with Crippen molar-refractivity contribution in [1.29, 1.82) is 0 Å². The lowest BCUT2D eigenvalue weighted by Gasteiger charge is -2.36. The molecule has 0 spiro atoms. The van der Waals surface area contributed by atoms with E-state index in [9.17, 15) is 13.6 Å². The molecule has 1 N–H and O–H groups in total. The molecule has 1 aliphatic heterocycles. The molecule has 3 nitrogen and oxygen atoms in total. The number of nitrogens with zero attached hydrogens (tertiary/aromatic N) is 1. The maximum atomic E-state index is 13.1. The van der Waals surface area contributed by atoms with E-state index >= 15 is 0 Å². The average Bonchev–Trinajstić information content (AvgIpc) is 2.38. The number of nitrogens with one attached hydrogen (secondary N) is 1. The van der Waals surface area contributed by atoms with Crippen LogP contribution in [0.4, 0.5) is 8.78 Å². The van der Waals surface area contributed by atoms with Gasteiger partial charge >= 0.3 is 0 Å². The van der Waals surface area contributed by atoms with Gasteiger partial charge in [0.25, 0.3) is 0 Å². The number of carbonyl (C=O) groups is 1. The van der Waals surface area contributed by atoms with Crippen LogP contribution in [-0.2, 0) is 4.79 Å². The van der Waals surface area contributed by atoms with Crippen molar-refractivity contribution >= 4 is 5.91 Å². The van der Waals surface area contributed by atoms with E-state index in [2.05, 4.69) is 5.32 Å². The molecular formula is C13H22F2N2O. The number of hydrogen-bond acceptors (Lipinski definition) is 2. The number of halogens is 2. The van der Waals surface area contributed by atoms with Crippen molar-refractivity contribution in [3.63, 3.8) is 0 Å². The normalized spacial score (nSPS) is 28.9. The lowest BCUT2D eigenvalue weighted by molar-refractivity contribution is -0.140. The molecule has 0 aromatic heterocycles. The molecule has 2 rings (SSSR count). The SMILES string of the molecule is CN(C(=O)C1CCC(F)(F)CC1)C1CCCNC1. The standard InChI is InChI=1S/C13H22F2N2O/c1-17(11-3-2-8-16-9-11)12(18)10-4-6-13(14,15)7-5-10/h10-11,16H,2-9H2,1H3. The Labute approximate surface area is 107 Å². The monoisotopic (exact) mass is 260 g/mol. The maximum Gasteiger partial charge on any atom is 0.248 e. The smallest absolute Gasteiger partial charge is 0.248 e. The second-order valence-corrected chi connectivity index (χ2v) is 5.58. The van der Waals surface area contributed by atoms with Gasteiger partial charge in [-0.3, -0.25) is 4.79 Å². The van der Waals surface area contributed by atoms with Gasteiger partial charge in [-0.15, -0.1) is 0 Å². The summed E-state index contributed by atoms with van der Waals surface area (Å²) in [5, 5.41) is 3.27. The molecule has 1 saturated carbocycles. The van der Waals surface area contributed by atoms with Gasteiger partial charge in [0, 0.05) is 38.4 Å². The highest BCUT2D eigenvalue weighted by atomic mass is 19.3. The van der Waals surface area contributed by atoms with Crippen LogP contribution in [0.3, 0.4) is 0 Å². The molecule has 104 valence electrons. The Bertz CT molecular complexity index is 293. The summed E-state index contributed by atoms with van der Waals surface area (Å²) < 4.78 is 26.1. The Hall–Kier alpha value is -0.710. The maximum absolute atomic E-state index is 13.1. The quantitative estimate of drug-likeness (QED) is 0.824. The zero-order chi connectivity index (χ0) is 13.2. The predicted octanol–water partition coefficient (Wildman–Crippen LogP) is 2.02. The highest BCUT2D eigenvalue weighted by Crippen LogP contribution is 2.37. The van der Waals surface area contributed by atoms with Gasteiger partial charge in [0.05, 0.1) is 0 Å². The number of likely N-dealkylation sites (N-methyl/N-ethyl adjacent to an activating group) is 1. The zero-order valence-electron chi connectivity index (χ0n) is 10.9. The van der Waals surface area contributed by atoms with Crippen molar-refractivity contribution in [2.45, 2.75) is 50.5 Å².